The van der Waals surface area contributed by atoms with Gasteiger partial charge < -0.3 is 15.4 Å². The van der Waals surface area contributed by atoms with Gasteiger partial charge in [-0.05, 0) is 97.9 Å². The number of hydrogen-bond acceptors (Lipinski definition) is 4. The van der Waals surface area contributed by atoms with Crippen molar-refractivity contribution in [3.8, 4) is 5.75 Å². The topological polar surface area (TPSA) is 49.4 Å². The summed E-state index contributed by atoms with van der Waals surface area (Å²) in [7, 11) is 1.57. The van der Waals surface area contributed by atoms with Crippen LogP contribution in [-0.2, 0) is 12.4 Å². The second-order valence-corrected chi connectivity index (χ2v) is 11.5. The van der Waals surface area contributed by atoms with Gasteiger partial charge in [0.15, 0.2) is 5.11 Å². The molecule has 3 aromatic rings. The molecule has 0 radical (unpaired) electrons. The van der Waals surface area contributed by atoms with Crippen LogP contribution < -0.4 is 15.4 Å². The predicted molar refractivity (Wildman–Crippen MR) is 153 cm³/mol. The number of hydrogen-bond donors (Lipinski definition) is 2. The lowest BCUT2D eigenvalue weighted by Gasteiger charge is -2.52. The maximum Gasteiger partial charge on any atom is 0.416 e. The van der Waals surface area contributed by atoms with E-state index in [4.69, 9.17) is 17.0 Å². The number of halogens is 6. The van der Waals surface area contributed by atoms with Crippen LogP contribution in [0.5, 0.6) is 5.75 Å². The van der Waals surface area contributed by atoms with Crippen LogP contribution >= 0.6 is 12.2 Å². The molecule has 4 unspecified atom stereocenters. The molecule has 42 heavy (non-hydrogen) atoms. The molecule has 226 valence electrons. The van der Waals surface area contributed by atoms with Gasteiger partial charge >= 0.3 is 12.4 Å². The molecule has 2 N–H and O–H groups in total. The van der Waals surface area contributed by atoms with Crippen LogP contribution in [0.25, 0.3) is 10.9 Å². The van der Waals surface area contributed by atoms with E-state index < -0.39 is 35.2 Å². The number of ether oxygens (including phenoxy) is 1. The molecule has 3 aliphatic rings. The molecule has 3 saturated heterocycles. The Morgan fingerprint density at radius 1 is 1.07 bits per heavy atom. The Kier molecular flexibility index (Phi) is 8.58. The maximum atomic E-state index is 13.5. The summed E-state index contributed by atoms with van der Waals surface area (Å²) in [4.78, 5) is 6.91. The van der Waals surface area contributed by atoms with Crippen LogP contribution in [0.15, 0.2) is 48.7 Å². The molecule has 3 aliphatic heterocycles. The number of pyridine rings is 1. The van der Waals surface area contributed by atoms with Crippen LogP contribution in [-0.4, -0.2) is 41.2 Å². The van der Waals surface area contributed by atoms with Crippen molar-refractivity contribution in [3.63, 3.8) is 0 Å². The van der Waals surface area contributed by atoms with E-state index in [1.807, 2.05) is 18.2 Å². The average Bonchev–Trinajstić information content (AvgIpc) is 2.95. The minimum absolute atomic E-state index is 0.000604. The Labute approximate surface area is 245 Å². The standard InChI is InChI=1S/C30H32F6N4OS/c1-3-4-18-16-40-10-8-17(18)11-26(40)27(23-7-9-37-25-6-5-22(41-2)15-24(23)25)39-28(42)38-21-13-19(29(31,32)33)12-20(14-21)30(34,35)36/h5-7,9,12-15,17-18,26-27H,3-4,8,10-11,16H2,1-2H3,(H2,38,39,42)/t17?,18?,26-,27?/m0/s1. The number of aromatic nitrogens is 1. The molecule has 1 aromatic heterocycles. The van der Waals surface area contributed by atoms with Gasteiger partial charge in [0.05, 0.1) is 29.8 Å². The summed E-state index contributed by atoms with van der Waals surface area (Å²) in [5.41, 5.74) is -1.63. The van der Waals surface area contributed by atoms with E-state index in [9.17, 15) is 26.3 Å². The third kappa shape index (κ3) is 6.44. The zero-order valence-corrected chi connectivity index (χ0v) is 24.0. The normalized spacial score (nSPS) is 23.0. The number of alkyl halides is 6. The van der Waals surface area contributed by atoms with Gasteiger partial charge in [0, 0.05) is 29.9 Å². The number of anilines is 1. The van der Waals surface area contributed by atoms with Crippen molar-refractivity contribution in [2.24, 2.45) is 11.8 Å². The Bertz CT molecular complexity index is 1410. The van der Waals surface area contributed by atoms with E-state index in [1.54, 1.807) is 19.4 Å². The first kappa shape index (κ1) is 30.3. The maximum absolute atomic E-state index is 13.5. The number of fused-ring (bicyclic) bond motifs is 4. The summed E-state index contributed by atoms with van der Waals surface area (Å²) >= 11 is 5.53. The predicted octanol–water partition coefficient (Wildman–Crippen LogP) is 7.82. The zero-order chi connectivity index (χ0) is 30.2. The van der Waals surface area contributed by atoms with Crippen molar-refractivity contribution in [2.45, 2.75) is 57.0 Å². The second kappa shape index (κ2) is 11.9. The minimum atomic E-state index is -4.96. The van der Waals surface area contributed by atoms with Gasteiger partial charge in [-0.15, -0.1) is 0 Å². The van der Waals surface area contributed by atoms with Gasteiger partial charge in [-0.2, -0.15) is 26.3 Å². The molecule has 5 nitrogen and oxygen atoms in total. The average molecular weight is 611 g/mol. The molecule has 0 saturated carbocycles. The number of benzene rings is 2. The highest BCUT2D eigenvalue weighted by Gasteiger charge is 2.44. The van der Waals surface area contributed by atoms with Gasteiger partial charge in [-0.1, -0.05) is 13.3 Å². The summed E-state index contributed by atoms with van der Waals surface area (Å²) in [5.74, 6) is 1.74. The molecule has 5 atom stereocenters. The van der Waals surface area contributed by atoms with Crippen molar-refractivity contribution in [1.29, 1.82) is 0 Å². The van der Waals surface area contributed by atoms with Crippen LogP contribution in [0.2, 0.25) is 0 Å². The van der Waals surface area contributed by atoms with Gasteiger partial charge in [-0.25, -0.2) is 0 Å². The van der Waals surface area contributed by atoms with Gasteiger partial charge in [0.25, 0.3) is 0 Å². The lowest BCUT2D eigenvalue weighted by molar-refractivity contribution is -0.143. The van der Waals surface area contributed by atoms with Crippen molar-refractivity contribution in [1.82, 2.24) is 15.2 Å². The highest BCUT2D eigenvalue weighted by Crippen LogP contribution is 2.44. The second-order valence-electron chi connectivity index (χ2n) is 11.0. The van der Waals surface area contributed by atoms with Crippen molar-refractivity contribution in [3.05, 3.63) is 65.4 Å². The highest BCUT2D eigenvalue weighted by molar-refractivity contribution is 7.80. The number of thiocarbonyl (C=S) groups is 1. The quantitative estimate of drug-likeness (QED) is 0.210. The van der Waals surface area contributed by atoms with Crippen LogP contribution in [0.1, 0.15) is 55.3 Å². The molecular formula is C30H32F6N4OS. The molecule has 6 rings (SSSR count). The third-order valence-electron chi connectivity index (χ3n) is 8.43. The first-order valence-corrected chi connectivity index (χ1v) is 14.3. The number of rotatable bonds is 7. The zero-order valence-electron chi connectivity index (χ0n) is 23.1. The molecule has 0 aliphatic carbocycles. The molecule has 0 spiro atoms. The van der Waals surface area contributed by atoms with Gasteiger partial charge in [0.2, 0.25) is 0 Å². The molecule has 2 aromatic carbocycles. The number of piperidine rings is 3. The van der Waals surface area contributed by atoms with Gasteiger partial charge in [-0.3, -0.25) is 9.88 Å². The molecule has 3 fully saturated rings. The fourth-order valence-electron chi connectivity index (χ4n) is 6.49. The monoisotopic (exact) mass is 610 g/mol. The van der Waals surface area contributed by atoms with E-state index in [0.717, 1.165) is 55.2 Å². The minimum Gasteiger partial charge on any atom is -0.497 e. The summed E-state index contributed by atoms with van der Waals surface area (Å²) < 4.78 is 86.2. The molecule has 0 amide bonds. The largest absolute Gasteiger partial charge is 0.497 e. The summed E-state index contributed by atoms with van der Waals surface area (Å²) in [6.45, 7) is 4.01. The fraction of sp³-hybridized carbons (Fsp3) is 0.467. The highest BCUT2D eigenvalue weighted by atomic mass is 32.1. The molecular weight excluding hydrogens is 578 g/mol. The molecule has 12 heteroatoms. The third-order valence-corrected chi connectivity index (χ3v) is 8.65. The molecule has 2 bridgehead atoms. The first-order valence-electron chi connectivity index (χ1n) is 13.9. The van der Waals surface area contributed by atoms with Crippen molar-refractivity contribution >= 4 is 33.9 Å². The van der Waals surface area contributed by atoms with Crippen molar-refractivity contribution < 1.29 is 31.1 Å². The van der Waals surface area contributed by atoms with Crippen LogP contribution in [0.4, 0.5) is 32.0 Å². The first-order chi connectivity index (χ1) is 19.9. The van der Waals surface area contributed by atoms with E-state index in [2.05, 4.69) is 27.4 Å². The van der Waals surface area contributed by atoms with Crippen molar-refractivity contribution in [2.75, 3.05) is 25.5 Å². The fourth-order valence-corrected chi connectivity index (χ4v) is 6.73. The lowest BCUT2D eigenvalue weighted by atomic mass is 9.71. The molecule has 4 heterocycles. The lowest BCUT2D eigenvalue weighted by Crippen LogP contribution is -2.58. The Morgan fingerprint density at radius 3 is 2.38 bits per heavy atom. The smallest absolute Gasteiger partial charge is 0.416 e. The van der Waals surface area contributed by atoms with E-state index in [1.165, 1.54) is 0 Å². The van der Waals surface area contributed by atoms with Crippen LogP contribution in [0.3, 0.4) is 0 Å². The Balaban J connectivity index is 1.50. The Hall–Kier alpha value is -3.12. The van der Waals surface area contributed by atoms with E-state index in [-0.39, 0.29) is 17.2 Å². The Morgan fingerprint density at radius 2 is 1.79 bits per heavy atom. The van der Waals surface area contributed by atoms with Gasteiger partial charge in [0.1, 0.15) is 5.75 Å². The number of nitrogens with one attached hydrogen (secondary N) is 2. The van der Waals surface area contributed by atoms with E-state index >= 15 is 0 Å². The summed E-state index contributed by atoms with van der Waals surface area (Å²) in [5, 5.41) is 6.63. The summed E-state index contributed by atoms with van der Waals surface area (Å²) in [6.07, 6.45) is -4.03. The van der Waals surface area contributed by atoms with Crippen LogP contribution in [0, 0.1) is 11.8 Å². The SMILES string of the molecule is CCCC1CN2CCC1C[C@H]2C(NC(=S)Nc1cc(C(F)(F)F)cc(C(F)(F)F)c1)c1ccnc2ccc(OC)cc12. The number of methoxy groups -OCH3 is 1. The summed E-state index contributed by atoms with van der Waals surface area (Å²) in [6, 6.07) is 8.35. The number of nitrogens with zero attached hydrogens (tertiary/aromatic N) is 2. The van der Waals surface area contributed by atoms with E-state index in [0.29, 0.717) is 29.7 Å².